The molecule has 1 N–H and O–H groups in total. The molecule has 3 aromatic carbocycles. The lowest BCUT2D eigenvalue weighted by atomic mass is 9.85. The normalized spacial score (nSPS) is 12.0. The smallest absolute Gasteiger partial charge is 0.178 e. The van der Waals surface area contributed by atoms with Gasteiger partial charge in [0.15, 0.2) is 9.84 Å². The fraction of sp³-hybridized carbons (Fsp3) is 0.561. The Kier molecular flexibility index (Phi) is 25.3. The van der Waals surface area contributed by atoms with E-state index in [9.17, 15) is 8.42 Å². The van der Waals surface area contributed by atoms with E-state index in [1.807, 2.05) is 38.2 Å². The van der Waals surface area contributed by atoms with Crippen molar-refractivity contribution in [1.82, 2.24) is 20.3 Å². The van der Waals surface area contributed by atoms with Gasteiger partial charge in [-0.2, -0.15) is 5.10 Å². The molecule has 0 radical (unpaired) electrons. The van der Waals surface area contributed by atoms with Gasteiger partial charge in [-0.15, -0.1) is 0 Å². The van der Waals surface area contributed by atoms with Crippen molar-refractivity contribution in [3.05, 3.63) is 164 Å². The highest BCUT2D eigenvalue weighted by atomic mass is 32.2. The van der Waals surface area contributed by atoms with Crippen molar-refractivity contribution in [2.75, 3.05) is 5.75 Å². The van der Waals surface area contributed by atoms with E-state index in [4.69, 9.17) is 4.52 Å². The second-order valence-electron chi connectivity index (χ2n) is 26.0. The molecule has 0 unspecified atom stereocenters. The Morgan fingerprint density at radius 3 is 1.19 bits per heavy atom. The molecule has 8 heteroatoms. The first-order valence-corrected chi connectivity index (χ1v) is 28.7. The molecule has 412 valence electrons. The van der Waals surface area contributed by atoms with Crippen LogP contribution in [-0.2, 0) is 61.6 Å². The maximum atomic E-state index is 11.7. The molecule has 0 spiro atoms. The van der Waals surface area contributed by atoms with E-state index in [-0.39, 0.29) is 38.2 Å². The summed E-state index contributed by atoms with van der Waals surface area (Å²) in [5, 5.41) is 11.0. The standard InChI is InChI=1S/2C13H20.C12H19N.C12H18O2S.C8H14N2.C8H13NO/c2*1-6-11-9-12(13(3,4)5)8-7-10(11)2;1-6-10-7-11(12(3,4)5)13-8-9(10)2;1-5-15(13,14)11-8-6-7-10(9-11)12(2,3)4;1-6-5-7(10-9-6)8(2,3)4;1-6-5-7(9-10-6)8(2,3)4/h2*7-9H,6H2,1-5H3;7-8H,6H2,1-5H3;6-9H,5H2,1-4H3;5H,1-4H3,(H,9,10);5H,1-4H3. The first kappa shape index (κ1) is 67.2. The molecule has 6 aromatic rings. The number of sulfone groups is 1. The lowest BCUT2D eigenvalue weighted by molar-refractivity contribution is 0.375. The highest BCUT2D eigenvalue weighted by Gasteiger charge is 2.20. The maximum absolute atomic E-state index is 11.7. The van der Waals surface area contributed by atoms with Crippen LogP contribution in [0.15, 0.2) is 94.5 Å². The molecule has 7 nitrogen and oxygen atoms in total. The highest BCUT2D eigenvalue weighted by molar-refractivity contribution is 7.91. The molecule has 0 aliphatic heterocycles. The number of hydrogen-bond donors (Lipinski definition) is 1. The molecule has 0 saturated carbocycles. The third kappa shape index (κ3) is 23.0. The number of aromatic nitrogens is 4. The van der Waals surface area contributed by atoms with Crippen molar-refractivity contribution in [3.8, 4) is 0 Å². The van der Waals surface area contributed by atoms with Crippen molar-refractivity contribution in [2.45, 2.75) is 244 Å². The number of hydrogen-bond acceptors (Lipinski definition) is 6. The summed E-state index contributed by atoms with van der Waals surface area (Å²) in [4.78, 5) is 4.89. The van der Waals surface area contributed by atoms with Crippen LogP contribution in [0.3, 0.4) is 0 Å². The van der Waals surface area contributed by atoms with Crippen LogP contribution < -0.4 is 0 Å². The van der Waals surface area contributed by atoms with Gasteiger partial charge in [-0.3, -0.25) is 10.1 Å². The van der Waals surface area contributed by atoms with Crippen molar-refractivity contribution in [1.29, 1.82) is 0 Å². The van der Waals surface area contributed by atoms with Gasteiger partial charge < -0.3 is 4.52 Å². The zero-order chi connectivity index (χ0) is 57.4. The molecule has 0 bridgehead atoms. The summed E-state index contributed by atoms with van der Waals surface area (Å²) in [5.74, 6) is 1.03. The van der Waals surface area contributed by atoms with Gasteiger partial charge in [0, 0.05) is 39.9 Å². The Balaban J connectivity index is 0.000000446. The Morgan fingerprint density at radius 1 is 0.459 bits per heavy atom. The minimum absolute atomic E-state index is 0.0146. The van der Waals surface area contributed by atoms with E-state index in [2.05, 4.69) is 235 Å². The Morgan fingerprint density at radius 2 is 0.878 bits per heavy atom. The summed E-state index contributed by atoms with van der Waals surface area (Å²) in [7, 11) is -3.08. The molecule has 0 saturated heterocycles. The van der Waals surface area contributed by atoms with Gasteiger partial charge in [-0.05, 0) is 144 Å². The number of rotatable bonds is 5. The first-order valence-electron chi connectivity index (χ1n) is 27.1. The summed E-state index contributed by atoms with van der Waals surface area (Å²) in [6.45, 7) is 57.9. The van der Waals surface area contributed by atoms with Gasteiger partial charge >= 0.3 is 0 Å². The van der Waals surface area contributed by atoms with Crippen molar-refractivity contribution < 1.29 is 12.9 Å². The number of H-pyrrole nitrogens is 1. The Bertz CT molecular complexity index is 2530. The van der Waals surface area contributed by atoms with Crippen LogP contribution in [0.4, 0.5) is 0 Å². The fourth-order valence-corrected chi connectivity index (χ4v) is 8.16. The minimum atomic E-state index is -3.08. The van der Waals surface area contributed by atoms with Crippen LogP contribution >= 0.6 is 0 Å². The first-order chi connectivity index (χ1) is 33.6. The van der Waals surface area contributed by atoms with Gasteiger partial charge in [-0.25, -0.2) is 8.42 Å². The zero-order valence-corrected chi connectivity index (χ0v) is 52.7. The number of nitrogens with zero attached hydrogens (tertiary/aromatic N) is 3. The minimum Gasteiger partial charge on any atom is -0.361 e. The SMILES string of the molecule is CCS(=O)(=O)c1cccc(C(C)(C)C)c1.CCc1cc(C(C)(C)C)ccc1C.CCc1cc(C(C)(C)C)ccc1C.CCc1cc(C(C)(C)C)ncc1C.Cc1cc(C(C)(C)C)n[nH]1.Cc1cc(C(C)(C)C)no1. The number of aryl methyl sites for hydroxylation is 8. The number of aromatic amines is 1. The summed E-state index contributed by atoms with van der Waals surface area (Å²) in [5.41, 5.74) is 17.9. The third-order valence-electron chi connectivity index (χ3n) is 12.9. The average Bonchev–Trinajstić information content (AvgIpc) is 3.95. The largest absolute Gasteiger partial charge is 0.361 e. The van der Waals surface area contributed by atoms with Gasteiger partial charge in [0.1, 0.15) is 5.76 Å². The summed E-state index contributed by atoms with van der Waals surface area (Å²) >= 11 is 0. The van der Waals surface area contributed by atoms with E-state index in [1.165, 1.54) is 50.2 Å². The van der Waals surface area contributed by atoms with Crippen LogP contribution in [0.5, 0.6) is 0 Å². The number of benzene rings is 3. The molecular weight excluding hydrogens is 929 g/mol. The van der Waals surface area contributed by atoms with Gasteiger partial charge in [0.05, 0.1) is 22.0 Å². The summed E-state index contributed by atoms with van der Waals surface area (Å²) in [6.07, 6.45) is 5.35. The quantitative estimate of drug-likeness (QED) is 0.185. The predicted molar refractivity (Wildman–Crippen MR) is 320 cm³/mol. The van der Waals surface area contributed by atoms with Crippen LogP contribution in [0, 0.1) is 34.6 Å². The van der Waals surface area contributed by atoms with E-state index in [0.29, 0.717) is 4.90 Å². The summed E-state index contributed by atoms with van der Waals surface area (Å²) in [6, 6.07) is 27.1. The molecule has 0 amide bonds. The van der Waals surface area contributed by atoms with Crippen LogP contribution in [0.2, 0.25) is 0 Å². The predicted octanol–water partition coefficient (Wildman–Crippen LogP) is 18.0. The topological polar surface area (TPSA) is 102 Å². The van der Waals surface area contributed by atoms with Crippen molar-refractivity contribution >= 4 is 9.84 Å². The van der Waals surface area contributed by atoms with E-state index in [0.717, 1.165) is 47.7 Å². The zero-order valence-electron chi connectivity index (χ0n) is 51.9. The van der Waals surface area contributed by atoms with Crippen LogP contribution in [-0.4, -0.2) is 34.5 Å². The van der Waals surface area contributed by atoms with Gasteiger partial charge in [-0.1, -0.05) is 206 Å². The monoisotopic (exact) mass is 1030 g/mol. The lowest BCUT2D eigenvalue weighted by Gasteiger charge is -2.20. The van der Waals surface area contributed by atoms with Crippen molar-refractivity contribution in [2.24, 2.45) is 0 Å². The number of nitrogens with one attached hydrogen (secondary N) is 1. The van der Waals surface area contributed by atoms with E-state index < -0.39 is 9.84 Å². The van der Waals surface area contributed by atoms with Crippen molar-refractivity contribution in [3.63, 3.8) is 0 Å². The molecule has 3 aromatic heterocycles. The lowest BCUT2D eigenvalue weighted by Crippen LogP contribution is -2.14. The molecule has 0 aliphatic carbocycles. The second kappa shape index (κ2) is 27.8. The van der Waals surface area contributed by atoms with Crippen LogP contribution in [0.1, 0.15) is 231 Å². The third-order valence-corrected chi connectivity index (χ3v) is 14.6. The number of pyridine rings is 1. The molecule has 0 fully saturated rings. The van der Waals surface area contributed by atoms with Gasteiger partial charge in [0.25, 0.3) is 0 Å². The Hall–Kier alpha value is -4.82. The summed E-state index contributed by atoms with van der Waals surface area (Å²) < 4.78 is 28.3. The Labute approximate surface area is 453 Å². The maximum Gasteiger partial charge on any atom is 0.178 e. The molecule has 74 heavy (non-hydrogen) atoms. The van der Waals surface area contributed by atoms with E-state index >= 15 is 0 Å². The highest BCUT2D eigenvalue weighted by Crippen LogP contribution is 2.28. The molecule has 0 atom stereocenters. The molecular formula is C66H104N4O3S. The molecule has 3 heterocycles. The second-order valence-corrected chi connectivity index (χ2v) is 28.3. The van der Waals surface area contributed by atoms with E-state index in [1.54, 1.807) is 19.1 Å². The van der Waals surface area contributed by atoms with Crippen LogP contribution in [0.25, 0.3) is 0 Å². The van der Waals surface area contributed by atoms with Gasteiger partial charge in [0.2, 0.25) is 0 Å². The average molecular weight is 1030 g/mol. The fourth-order valence-electron chi connectivity index (χ4n) is 7.24. The molecule has 6 rings (SSSR count). The molecule has 0 aliphatic rings.